The van der Waals surface area contributed by atoms with Crippen molar-refractivity contribution in [3.05, 3.63) is 65.9 Å². The Kier molecular flexibility index (Phi) is 4.38. The number of nitrogens with zero attached hydrogens (tertiary/aromatic N) is 3. The van der Waals surface area contributed by atoms with E-state index in [-0.39, 0.29) is 23.7 Å². The molecule has 2 heterocycles. The van der Waals surface area contributed by atoms with Crippen molar-refractivity contribution in [2.45, 2.75) is 18.8 Å². The quantitative estimate of drug-likeness (QED) is 0.771. The normalized spacial score (nSPS) is 17.0. The first-order valence-corrected chi connectivity index (χ1v) is 9.38. The maximum atomic E-state index is 12.6. The molecular weight excluding hydrogens is 348 g/mol. The number of hydrogen-bond acceptors (Lipinski definition) is 4. The number of aryl methyl sites for hydroxylation is 1. The van der Waals surface area contributed by atoms with Crippen LogP contribution in [-0.4, -0.2) is 32.4 Å². The Morgan fingerprint density at radius 2 is 1.92 bits per heavy atom. The van der Waals surface area contributed by atoms with Crippen LogP contribution in [-0.2, 0) is 16.1 Å². The van der Waals surface area contributed by atoms with E-state index >= 15 is 0 Å². The molecule has 2 amide bonds. The predicted molar refractivity (Wildman–Crippen MR) is 101 cm³/mol. The number of amides is 2. The largest absolute Gasteiger partial charge is 0.272 e. The van der Waals surface area contributed by atoms with E-state index in [4.69, 9.17) is 0 Å². The van der Waals surface area contributed by atoms with Crippen LogP contribution in [0.3, 0.4) is 0 Å². The number of carbonyl (C=O) groups is 2. The molecule has 4 rings (SSSR count). The molecule has 1 unspecified atom stereocenters. The second-order valence-electron chi connectivity index (χ2n) is 6.13. The molecule has 1 N–H and O–H groups in total. The Balaban J connectivity index is 1.52. The molecule has 7 heteroatoms. The second-order valence-corrected chi connectivity index (χ2v) is 7.20. The molecule has 2 aromatic carbocycles. The highest BCUT2D eigenvalue weighted by atomic mass is 32.2. The van der Waals surface area contributed by atoms with Crippen molar-refractivity contribution in [2.24, 2.45) is 0 Å². The molecule has 0 spiro atoms. The monoisotopic (exact) mass is 366 g/mol. The van der Waals surface area contributed by atoms with Gasteiger partial charge in [-0.25, -0.2) is 5.01 Å². The predicted octanol–water partition coefficient (Wildman–Crippen LogP) is 2.65. The number of aromatic nitrogens is 2. The van der Waals surface area contributed by atoms with Gasteiger partial charge in [0.15, 0.2) is 0 Å². The Labute approximate surface area is 155 Å². The zero-order valence-corrected chi connectivity index (χ0v) is 15.1. The van der Waals surface area contributed by atoms with Crippen LogP contribution >= 0.6 is 11.8 Å². The van der Waals surface area contributed by atoms with Crippen molar-refractivity contribution in [3.8, 4) is 0 Å². The number of hydrogen-bond donors (Lipinski definition) is 1. The summed E-state index contributed by atoms with van der Waals surface area (Å²) in [5.74, 6) is -0.0161. The topological polar surface area (TPSA) is 67.2 Å². The first-order chi connectivity index (χ1) is 12.6. The summed E-state index contributed by atoms with van der Waals surface area (Å²) in [7, 11) is 0. The number of carbonyl (C=O) groups excluding carboxylic acids is 2. The molecule has 1 aliphatic heterocycles. The summed E-state index contributed by atoms with van der Waals surface area (Å²) in [6.45, 7) is 1.98. The van der Waals surface area contributed by atoms with Gasteiger partial charge in [0.1, 0.15) is 11.9 Å². The molecule has 132 valence electrons. The van der Waals surface area contributed by atoms with E-state index in [0.29, 0.717) is 5.75 Å². The summed E-state index contributed by atoms with van der Waals surface area (Å²) in [6, 6.07) is 17.5. The maximum Gasteiger partial charge on any atom is 0.260 e. The molecule has 3 aromatic rings. The Morgan fingerprint density at radius 1 is 1.19 bits per heavy atom. The van der Waals surface area contributed by atoms with Gasteiger partial charge in [-0.2, -0.15) is 5.10 Å². The highest BCUT2D eigenvalue weighted by molar-refractivity contribution is 8.00. The number of hydrazine groups is 1. The Hall–Kier alpha value is -2.80. The number of para-hydroxylation sites is 1. The van der Waals surface area contributed by atoms with E-state index < -0.39 is 0 Å². The third kappa shape index (κ3) is 3.06. The molecule has 0 saturated carbocycles. The van der Waals surface area contributed by atoms with Gasteiger partial charge in [-0.1, -0.05) is 48.5 Å². The third-order valence-electron chi connectivity index (χ3n) is 4.33. The van der Waals surface area contributed by atoms with Crippen LogP contribution in [0, 0.1) is 6.92 Å². The van der Waals surface area contributed by atoms with Gasteiger partial charge in [0.25, 0.3) is 11.8 Å². The lowest BCUT2D eigenvalue weighted by atomic mass is 10.2. The Bertz CT molecular complexity index is 970. The van der Waals surface area contributed by atoms with Crippen molar-refractivity contribution in [1.82, 2.24) is 20.2 Å². The van der Waals surface area contributed by atoms with Crippen LogP contribution in [0.1, 0.15) is 16.6 Å². The van der Waals surface area contributed by atoms with Crippen molar-refractivity contribution in [3.63, 3.8) is 0 Å². The van der Waals surface area contributed by atoms with Crippen molar-refractivity contribution in [2.75, 3.05) is 5.75 Å². The van der Waals surface area contributed by atoms with Gasteiger partial charge >= 0.3 is 0 Å². The van der Waals surface area contributed by atoms with E-state index in [1.165, 1.54) is 16.8 Å². The first kappa shape index (κ1) is 16.7. The maximum absolute atomic E-state index is 12.6. The van der Waals surface area contributed by atoms with Crippen LogP contribution in [0.15, 0.2) is 54.6 Å². The van der Waals surface area contributed by atoms with Crippen LogP contribution in [0.4, 0.5) is 0 Å². The fraction of sp³-hybridized carbons (Fsp3) is 0.211. The molecule has 0 aliphatic carbocycles. The minimum atomic E-state index is -0.268. The summed E-state index contributed by atoms with van der Waals surface area (Å²) in [5, 5.41) is 6.70. The molecule has 1 saturated heterocycles. The van der Waals surface area contributed by atoms with E-state index in [1.807, 2.05) is 61.5 Å². The lowest BCUT2D eigenvalue weighted by Crippen LogP contribution is -2.45. The molecule has 1 aromatic heterocycles. The van der Waals surface area contributed by atoms with Crippen LogP contribution in [0.2, 0.25) is 0 Å². The first-order valence-electron chi connectivity index (χ1n) is 8.34. The van der Waals surface area contributed by atoms with E-state index in [9.17, 15) is 9.59 Å². The molecule has 0 radical (unpaired) electrons. The molecule has 1 atom stereocenters. The highest BCUT2D eigenvalue weighted by Gasteiger charge is 2.34. The minimum Gasteiger partial charge on any atom is -0.272 e. The summed E-state index contributed by atoms with van der Waals surface area (Å²) in [5.41, 5.74) is 5.54. The highest BCUT2D eigenvalue weighted by Crippen LogP contribution is 2.36. The number of fused-ring (bicyclic) bond motifs is 1. The molecular formula is C19H18N4O2S. The van der Waals surface area contributed by atoms with E-state index in [0.717, 1.165) is 22.2 Å². The van der Waals surface area contributed by atoms with Gasteiger partial charge in [-0.15, -0.1) is 11.8 Å². The van der Waals surface area contributed by atoms with Crippen LogP contribution in [0.25, 0.3) is 10.9 Å². The SMILES string of the molecule is Cc1nn(CC(=O)NN2C(=O)CSC2c2ccccc2)c2ccccc12. The van der Waals surface area contributed by atoms with Crippen molar-refractivity contribution >= 4 is 34.5 Å². The second kappa shape index (κ2) is 6.84. The third-order valence-corrected chi connectivity index (χ3v) is 5.55. The number of benzene rings is 2. The van der Waals surface area contributed by atoms with Gasteiger partial charge in [0, 0.05) is 5.39 Å². The zero-order valence-electron chi connectivity index (χ0n) is 14.3. The average molecular weight is 366 g/mol. The molecule has 6 nitrogen and oxygen atoms in total. The van der Waals surface area contributed by atoms with Crippen LogP contribution in [0.5, 0.6) is 0 Å². The standard InChI is InChI=1S/C19H18N4O2S/c1-13-15-9-5-6-10-16(15)22(20-13)11-17(24)21-23-18(25)12-26-19(23)14-7-3-2-4-8-14/h2-10,19H,11-12H2,1H3,(H,21,24). The summed E-state index contributed by atoms with van der Waals surface area (Å²) in [4.78, 5) is 24.8. The van der Waals surface area contributed by atoms with Crippen molar-refractivity contribution < 1.29 is 9.59 Å². The minimum absolute atomic E-state index is 0.0598. The van der Waals surface area contributed by atoms with E-state index in [2.05, 4.69) is 10.5 Å². The van der Waals surface area contributed by atoms with Crippen LogP contribution < -0.4 is 5.43 Å². The number of nitrogens with one attached hydrogen (secondary N) is 1. The lowest BCUT2D eigenvalue weighted by Gasteiger charge is -2.24. The lowest BCUT2D eigenvalue weighted by molar-refractivity contribution is -0.139. The molecule has 0 bridgehead atoms. The van der Waals surface area contributed by atoms with E-state index in [1.54, 1.807) is 4.68 Å². The van der Waals surface area contributed by atoms with Gasteiger partial charge in [-0.05, 0) is 18.6 Å². The van der Waals surface area contributed by atoms with Gasteiger partial charge in [0.05, 0.1) is 17.0 Å². The molecule has 1 aliphatic rings. The summed E-state index contributed by atoms with van der Waals surface area (Å²) < 4.78 is 1.67. The smallest absolute Gasteiger partial charge is 0.260 e. The zero-order chi connectivity index (χ0) is 18.1. The molecule has 1 fully saturated rings. The fourth-order valence-corrected chi connectivity index (χ4v) is 4.24. The van der Waals surface area contributed by atoms with Crippen molar-refractivity contribution in [1.29, 1.82) is 0 Å². The van der Waals surface area contributed by atoms with Gasteiger partial charge < -0.3 is 0 Å². The number of thioether (sulfide) groups is 1. The number of rotatable bonds is 4. The van der Waals surface area contributed by atoms with Gasteiger partial charge in [-0.3, -0.25) is 19.7 Å². The summed E-state index contributed by atoms with van der Waals surface area (Å²) >= 11 is 1.51. The molecule has 26 heavy (non-hydrogen) atoms. The summed E-state index contributed by atoms with van der Waals surface area (Å²) in [6.07, 6.45) is 0. The fourth-order valence-electron chi connectivity index (χ4n) is 3.13. The van der Waals surface area contributed by atoms with Gasteiger partial charge in [0.2, 0.25) is 0 Å². The Morgan fingerprint density at radius 3 is 2.73 bits per heavy atom. The average Bonchev–Trinajstić information content (AvgIpc) is 3.17.